The number of hydrogen-bond donors (Lipinski definition) is 1. The molecule has 23 heavy (non-hydrogen) atoms. The Hall–Kier alpha value is 0.119. The third-order valence-corrected chi connectivity index (χ3v) is 4.63. The van der Waals surface area contributed by atoms with Crippen LogP contribution in [0.5, 0.6) is 0 Å². The number of hydrogen-bond acceptors (Lipinski definition) is 2. The van der Waals surface area contributed by atoms with E-state index in [-0.39, 0.29) is 23.5 Å². The molecule has 0 rings (SSSR count). The van der Waals surface area contributed by atoms with Gasteiger partial charge in [-0.25, -0.2) is 0 Å². The normalized spacial score (nSPS) is 12.3. The molecule has 0 amide bonds. The van der Waals surface area contributed by atoms with Crippen LogP contribution < -0.4 is 0 Å². The van der Waals surface area contributed by atoms with E-state index in [0.717, 1.165) is 25.7 Å². The Morgan fingerprint density at radius 3 is 1.74 bits per heavy atom. The Morgan fingerprint density at radius 2 is 1.26 bits per heavy atom. The van der Waals surface area contributed by atoms with Gasteiger partial charge in [-0.1, -0.05) is 70.4 Å². The molecule has 138 valence electrons. The van der Waals surface area contributed by atoms with Crippen LogP contribution in [0.15, 0.2) is 12.2 Å². The Bertz CT molecular complexity index is 319. The fraction of sp³-hybridized carbons (Fsp3) is 0.833. The fourth-order valence-electron chi connectivity index (χ4n) is 2.46. The van der Waals surface area contributed by atoms with Gasteiger partial charge in [-0.05, 0) is 32.1 Å². The molecule has 0 saturated heterocycles. The molecular formula is C18H35FeO3P. The van der Waals surface area contributed by atoms with Gasteiger partial charge in [0.2, 0.25) is 5.52 Å². The van der Waals surface area contributed by atoms with Gasteiger partial charge in [0, 0.05) is 23.5 Å². The van der Waals surface area contributed by atoms with Crippen molar-refractivity contribution in [2.24, 2.45) is 0 Å². The first-order valence-corrected chi connectivity index (χ1v) is 10.4. The Balaban J connectivity index is 0. The molecule has 0 saturated carbocycles. The quantitative estimate of drug-likeness (QED) is 0.153. The summed E-state index contributed by atoms with van der Waals surface area (Å²) in [7, 11) is -2.93. The molecule has 0 aromatic heterocycles. The number of unbranched alkanes of at least 4 members (excludes halogenated alkanes) is 11. The van der Waals surface area contributed by atoms with Crippen molar-refractivity contribution in [1.29, 1.82) is 0 Å². The average Bonchev–Trinajstić information content (AvgIpc) is 2.50. The van der Waals surface area contributed by atoms with Crippen molar-refractivity contribution < 1.29 is 31.3 Å². The maximum absolute atomic E-state index is 11.0. The van der Waals surface area contributed by atoms with Crippen molar-refractivity contribution in [2.45, 2.75) is 96.8 Å². The maximum Gasteiger partial charge on any atom is 0.252 e. The van der Waals surface area contributed by atoms with Gasteiger partial charge in [0.25, 0.3) is 8.03 Å². The van der Waals surface area contributed by atoms with Crippen LogP contribution in [0.4, 0.5) is 0 Å². The van der Waals surface area contributed by atoms with Gasteiger partial charge in [0.1, 0.15) is 0 Å². The minimum atomic E-state index is -2.93. The number of carbonyl (C=O) groups is 1. The van der Waals surface area contributed by atoms with Crippen molar-refractivity contribution >= 4 is 13.6 Å². The molecule has 0 bridgehead atoms. The average molecular weight is 386 g/mol. The molecule has 0 aliphatic carbocycles. The summed E-state index contributed by atoms with van der Waals surface area (Å²) in [5, 5.41) is 0. The van der Waals surface area contributed by atoms with Crippen LogP contribution in [0, 0.1) is 0 Å². The monoisotopic (exact) mass is 386 g/mol. The van der Waals surface area contributed by atoms with E-state index in [4.69, 9.17) is 4.89 Å². The largest absolute Gasteiger partial charge is 0.341 e. The maximum atomic E-state index is 11.0. The summed E-state index contributed by atoms with van der Waals surface area (Å²) in [5.41, 5.74) is -0.470. The zero-order chi connectivity index (χ0) is 16.5. The number of carbonyl (C=O) groups excluding carboxylic acids is 1. The third-order valence-electron chi connectivity index (χ3n) is 3.90. The van der Waals surface area contributed by atoms with E-state index < -0.39 is 13.6 Å². The summed E-state index contributed by atoms with van der Waals surface area (Å²) >= 11 is 0. The van der Waals surface area contributed by atoms with Gasteiger partial charge in [0.15, 0.2) is 0 Å². The summed E-state index contributed by atoms with van der Waals surface area (Å²) in [6.07, 6.45) is 20.7. The van der Waals surface area contributed by atoms with E-state index in [0.29, 0.717) is 0 Å². The molecule has 1 unspecified atom stereocenters. The smallest absolute Gasteiger partial charge is 0.252 e. The van der Waals surface area contributed by atoms with Crippen molar-refractivity contribution in [3.05, 3.63) is 12.2 Å². The molecule has 0 heterocycles. The number of rotatable bonds is 16. The summed E-state index contributed by atoms with van der Waals surface area (Å²) in [6.45, 7) is 2.25. The Morgan fingerprint density at radius 1 is 0.826 bits per heavy atom. The van der Waals surface area contributed by atoms with Crippen LogP contribution in [0.1, 0.15) is 96.8 Å². The number of allylic oxidation sites excluding steroid dienone is 2. The zero-order valence-electron chi connectivity index (χ0n) is 14.7. The fourth-order valence-corrected chi connectivity index (χ4v) is 2.85. The van der Waals surface area contributed by atoms with E-state index in [1.165, 1.54) is 57.8 Å². The molecule has 0 aliphatic heterocycles. The molecule has 0 spiro atoms. The second-order valence-corrected chi connectivity index (χ2v) is 7.23. The first-order chi connectivity index (χ1) is 10.7. The first-order valence-electron chi connectivity index (χ1n) is 9.09. The molecular weight excluding hydrogens is 351 g/mol. The topological polar surface area (TPSA) is 54.4 Å². The minimum absolute atomic E-state index is 0. The zero-order valence-corrected chi connectivity index (χ0v) is 16.8. The van der Waals surface area contributed by atoms with Gasteiger partial charge in [-0.15, -0.1) is 0 Å². The van der Waals surface area contributed by atoms with Crippen LogP contribution in [0.2, 0.25) is 0 Å². The van der Waals surface area contributed by atoms with Crippen LogP contribution >= 0.6 is 8.03 Å². The third kappa shape index (κ3) is 20.1. The van der Waals surface area contributed by atoms with Gasteiger partial charge < -0.3 is 4.89 Å². The van der Waals surface area contributed by atoms with E-state index >= 15 is 0 Å². The van der Waals surface area contributed by atoms with Crippen LogP contribution in [0.25, 0.3) is 0 Å². The summed E-state index contributed by atoms with van der Waals surface area (Å²) < 4.78 is 10.5. The molecule has 0 aliphatic rings. The summed E-state index contributed by atoms with van der Waals surface area (Å²) in [4.78, 5) is 19.6. The SMILES string of the molecule is CCCCCCCCC=CCCCCCCCC(=O)[PH](=O)O.[Fe]. The molecule has 3 nitrogen and oxygen atoms in total. The summed E-state index contributed by atoms with van der Waals surface area (Å²) in [6, 6.07) is 0. The van der Waals surface area contributed by atoms with Gasteiger partial charge >= 0.3 is 0 Å². The van der Waals surface area contributed by atoms with Gasteiger partial charge in [-0.2, -0.15) is 0 Å². The molecule has 1 N–H and O–H groups in total. The standard InChI is InChI=1S/C18H35O3P.Fe/c1-2-3-4-5-6-7-8-9-10-11-12-13-14-15-16-17-18(19)22(20)21;/h9-10,22H,2-8,11-17H2,1H3,(H,20,21);. The summed E-state index contributed by atoms with van der Waals surface area (Å²) in [5.74, 6) is 0. The molecule has 1 atom stereocenters. The van der Waals surface area contributed by atoms with E-state index in [2.05, 4.69) is 19.1 Å². The van der Waals surface area contributed by atoms with Crippen LogP contribution in [0.3, 0.4) is 0 Å². The molecule has 0 radical (unpaired) electrons. The predicted molar refractivity (Wildman–Crippen MR) is 95.7 cm³/mol. The van der Waals surface area contributed by atoms with E-state index in [9.17, 15) is 9.36 Å². The molecule has 5 heteroatoms. The van der Waals surface area contributed by atoms with E-state index in [1.807, 2.05) is 0 Å². The predicted octanol–water partition coefficient (Wildman–Crippen LogP) is 6.02. The molecule has 0 fully saturated rings. The van der Waals surface area contributed by atoms with Crippen molar-refractivity contribution in [3.8, 4) is 0 Å². The molecule has 0 aromatic rings. The molecule has 0 aromatic carbocycles. The van der Waals surface area contributed by atoms with Crippen molar-refractivity contribution in [3.63, 3.8) is 0 Å². The van der Waals surface area contributed by atoms with Crippen LogP contribution in [-0.4, -0.2) is 10.4 Å². The second kappa shape index (κ2) is 20.2. The first kappa shape index (κ1) is 25.4. The Kier molecular flexibility index (Phi) is 22.2. The second-order valence-electron chi connectivity index (χ2n) is 6.06. The van der Waals surface area contributed by atoms with Gasteiger partial charge in [-0.3, -0.25) is 9.36 Å². The van der Waals surface area contributed by atoms with E-state index in [1.54, 1.807) is 0 Å². The van der Waals surface area contributed by atoms with Crippen molar-refractivity contribution in [1.82, 2.24) is 0 Å². The van der Waals surface area contributed by atoms with Gasteiger partial charge in [0.05, 0.1) is 0 Å². The van der Waals surface area contributed by atoms with Crippen LogP contribution in [-0.2, 0) is 26.4 Å². The minimum Gasteiger partial charge on any atom is -0.341 e. The van der Waals surface area contributed by atoms with Crippen molar-refractivity contribution in [2.75, 3.05) is 0 Å². The Labute approximate surface area is 154 Å².